The highest BCUT2D eigenvalue weighted by atomic mass is 16.2. The minimum atomic E-state index is -0.857. The normalized spacial score (nSPS) is 16.1. The Morgan fingerprint density at radius 1 is 1.35 bits per heavy atom. The first kappa shape index (κ1) is 11.6. The van der Waals surface area contributed by atoms with Crippen LogP contribution in [0.25, 0.3) is 0 Å². The van der Waals surface area contributed by atoms with E-state index in [9.17, 15) is 9.59 Å². The van der Waals surface area contributed by atoms with E-state index in [4.69, 9.17) is 0 Å². The summed E-state index contributed by atoms with van der Waals surface area (Å²) in [5.41, 5.74) is 0.735. The average Bonchev–Trinajstić information content (AvgIpc) is 3.12. The van der Waals surface area contributed by atoms with Gasteiger partial charge in [0.15, 0.2) is 0 Å². The fraction of sp³-hybridized carbons (Fsp3) is 0.417. The lowest BCUT2D eigenvalue weighted by Crippen LogP contribution is -2.38. The predicted molar refractivity (Wildman–Crippen MR) is 63.3 cm³/mol. The van der Waals surface area contributed by atoms with E-state index >= 15 is 0 Å². The molecule has 1 heterocycles. The molecule has 0 saturated heterocycles. The van der Waals surface area contributed by atoms with Gasteiger partial charge in [0.2, 0.25) is 11.8 Å². The number of nitrogens with zero attached hydrogens (tertiary/aromatic N) is 1. The van der Waals surface area contributed by atoms with Gasteiger partial charge in [0, 0.05) is 25.1 Å². The Kier molecular flexibility index (Phi) is 2.83. The van der Waals surface area contributed by atoms with Crippen LogP contribution in [0.1, 0.15) is 18.4 Å². The zero-order valence-electron chi connectivity index (χ0n) is 9.91. The molecule has 0 aromatic carbocycles. The Morgan fingerprint density at radius 2 is 2.06 bits per heavy atom. The molecular formula is C12H15N3O2. The number of anilines is 1. The predicted octanol–water partition coefficient (Wildman–Crippen LogP) is 0.855. The van der Waals surface area contributed by atoms with Crippen molar-refractivity contribution >= 4 is 17.5 Å². The summed E-state index contributed by atoms with van der Waals surface area (Å²) in [4.78, 5) is 27.6. The lowest BCUT2D eigenvalue weighted by molar-refractivity contribution is -0.134. The summed E-state index contributed by atoms with van der Waals surface area (Å²) in [5.74, 6) is -0.437. The number of nitrogens with one attached hydrogen (secondary N) is 2. The van der Waals surface area contributed by atoms with Gasteiger partial charge in [-0.15, -0.1) is 0 Å². The molecule has 0 aliphatic heterocycles. The van der Waals surface area contributed by atoms with Crippen molar-refractivity contribution in [2.75, 3.05) is 12.4 Å². The molecule has 2 N–H and O–H groups in total. The minimum absolute atomic E-state index is 0.207. The van der Waals surface area contributed by atoms with E-state index in [1.54, 1.807) is 25.5 Å². The van der Waals surface area contributed by atoms with Crippen molar-refractivity contribution in [1.82, 2.24) is 10.3 Å². The minimum Gasteiger partial charge on any atom is -0.358 e. The molecule has 1 fully saturated rings. The van der Waals surface area contributed by atoms with Crippen molar-refractivity contribution in [2.24, 2.45) is 5.41 Å². The number of aryl methyl sites for hydroxylation is 1. The first-order chi connectivity index (χ1) is 8.10. The molecule has 5 nitrogen and oxygen atoms in total. The molecule has 0 atom stereocenters. The lowest BCUT2D eigenvalue weighted by Gasteiger charge is -2.14. The van der Waals surface area contributed by atoms with Gasteiger partial charge in [-0.3, -0.25) is 14.6 Å². The topological polar surface area (TPSA) is 71.1 Å². The fourth-order valence-electron chi connectivity index (χ4n) is 1.78. The molecule has 2 amide bonds. The molecule has 1 aromatic rings. The molecule has 0 radical (unpaired) electrons. The third kappa shape index (κ3) is 2.00. The summed E-state index contributed by atoms with van der Waals surface area (Å²) in [6.07, 6.45) is 4.52. The van der Waals surface area contributed by atoms with E-state index in [1.807, 2.05) is 6.92 Å². The summed E-state index contributed by atoms with van der Waals surface area (Å²) in [5, 5.41) is 5.33. The number of hydrogen-bond donors (Lipinski definition) is 2. The van der Waals surface area contributed by atoms with Gasteiger partial charge in [-0.2, -0.15) is 0 Å². The Morgan fingerprint density at radius 3 is 2.59 bits per heavy atom. The van der Waals surface area contributed by atoms with Crippen LogP contribution in [0.5, 0.6) is 0 Å². The third-order valence-electron chi connectivity index (χ3n) is 3.11. The van der Waals surface area contributed by atoms with Crippen molar-refractivity contribution < 1.29 is 9.59 Å². The third-order valence-corrected chi connectivity index (χ3v) is 3.11. The summed E-state index contributed by atoms with van der Waals surface area (Å²) < 4.78 is 0. The number of pyridine rings is 1. The van der Waals surface area contributed by atoms with Crippen LogP contribution in [0, 0.1) is 12.3 Å². The van der Waals surface area contributed by atoms with Gasteiger partial charge in [0.1, 0.15) is 5.41 Å². The van der Waals surface area contributed by atoms with E-state index in [2.05, 4.69) is 15.6 Å². The fourth-order valence-corrected chi connectivity index (χ4v) is 1.78. The van der Waals surface area contributed by atoms with Gasteiger partial charge in [0.05, 0.1) is 0 Å². The van der Waals surface area contributed by atoms with Crippen LogP contribution in [0.2, 0.25) is 0 Å². The quantitative estimate of drug-likeness (QED) is 0.760. The van der Waals surface area contributed by atoms with Crippen LogP contribution < -0.4 is 10.6 Å². The second kappa shape index (κ2) is 4.16. The molecular weight excluding hydrogens is 218 g/mol. The average molecular weight is 233 g/mol. The van der Waals surface area contributed by atoms with Gasteiger partial charge in [-0.05, 0) is 31.4 Å². The summed E-state index contributed by atoms with van der Waals surface area (Å²) >= 11 is 0. The zero-order valence-corrected chi connectivity index (χ0v) is 9.91. The SMILES string of the molecule is CNC(=O)C1(C(=O)Nc2ccncc2C)CC1. The van der Waals surface area contributed by atoms with Crippen molar-refractivity contribution in [3.8, 4) is 0 Å². The Balaban J connectivity index is 2.13. The van der Waals surface area contributed by atoms with Crippen LogP contribution >= 0.6 is 0 Å². The Bertz CT molecular complexity index is 467. The van der Waals surface area contributed by atoms with Crippen LogP contribution in [-0.4, -0.2) is 23.8 Å². The highest BCUT2D eigenvalue weighted by Crippen LogP contribution is 2.46. The van der Waals surface area contributed by atoms with Crippen molar-refractivity contribution in [3.05, 3.63) is 24.0 Å². The lowest BCUT2D eigenvalue weighted by atomic mass is 10.1. The standard InChI is InChI=1S/C12H15N3O2/c1-8-7-14-6-3-9(8)15-11(17)12(4-5-12)10(16)13-2/h3,6-7H,4-5H2,1-2H3,(H,13,16)(H,14,15,17). The van der Waals surface area contributed by atoms with Crippen molar-refractivity contribution in [3.63, 3.8) is 0 Å². The molecule has 17 heavy (non-hydrogen) atoms. The van der Waals surface area contributed by atoms with E-state index in [1.165, 1.54) is 0 Å². The largest absolute Gasteiger partial charge is 0.358 e. The molecule has 1 aliphatic carbocycles. The molecule has 90 valence electrons. The molecule has 0 bridgehead atoms. The first-order valence-electron chi connectivity index (χ1n) is 5.54. The summed E-state index contributed by atoms with van der Waals surface area (Å²) in [6, 6.07) is 1.73. The number of hydrogen-bond acceptors (Lipinski definition) is 3. The van der Waals surface area contributed by atoms with E-state index in [0.29, 0.717) is 18.5 Å². The monoisotopic (exact) mass is 233 g/mol. The zero-order chi connectivity index (χ0) is 12.5. The molecule has 0 unspecified atom stereocenters. The molecule has 1 aromatic heterocycles. The van der Waals surface area contributed by atoms with Crippen LogP contribution in [0.15, 0.2) is 18.5 Å². The number of carbonyl (C=O) groups excluding carboxylic acids is 2. The van der Waals surface area contributed by atoms with Crippen molar-refractivity contribution in [1.29, 1.82) is 0 Å². The van der Waals surface area contributed by atoms with E-state index in [-0.39, 0.29) is 11.8 Å². The maximum absolute atomic E-state index is 12.1. The van der Waals surface area contributed by atoms with Gasteiger partial charge >= 0.3 is 0 Å². The van der Waals surface area contributed by atoms with E-state index in [0.717, 1.165) is 5.56 Å². The summed E-state index contributed by atoms with van der Waals surface area (Å²) in [7, 11) is 1.55. The summed E-state index contributed by atoms with van der Waals surface area (Å²) in [6.45, 7) is 1.86. The molecule has 1 saturated carbocycles. The number of rotatable bonds is 3. The highest BCUT2D eigenvalue weighted by molar-refractivity contribution is 6.13. The van der Waals surface area contributed by atoms with Gasteiger partial charge in [0.25, 0.3) is 0 Å². The first-order valence-corrected chi connectivity index (χ1v) is 5.54. The van der Waals surface area contributed by atoms with Crippen LogP contribution in [0.4, 0.5) is 5.69 Å². The maximum atomic E-state index is 12.1. The van der Waals surface area contributed by atoms with Gasteiger partial charge < -0.3 is 10.6 Å². The second-order valence-electron chi connectivity index (χ2n) is 4.31. The number of amides is 2. The molecule has 2 rings (SSSR count). The second-order valence-corrected chi connectivity index (χ2v) is 4.31. The van der Waals surface area contributed by atoms with Crippen LogP contribution in [0.3, 0.4) is 0 Å². The maximum Gasteiger partial charge on any atom is 0.240 e. The van der Waals surface area contributed by atoms with E-state index < -0.39 is 5.41 Å². The van der Waals surface area contributed by atoms with Gasteiger partial charge in [-0.25, -0.2) is 0 Å². The number of aromatic nitrogens is 1. The van der Waals surface area contributed by atoms with Gasteiger partial charge in [-0.1, -0.05) is 0 Å². The Labute approximate surface area is 99.6 Å². The molecule has 5 heteroatoms. The Hall–Kier alpha value is -1.91. The molecule has 1 aliphatic rings. The van der Waals surface area contributed by atoms with Crippen molar-refractivity contribution in [2.45, 2.75) is 19.8 Å². The van der Waals surface area contributed by atoms with Crippen LogP contribution in [-0.2, 0) is 9.59 Å². The number of carbonyl (C=O) groups is 2. The highest BCUT2D eigenvalue weighted by Gasteiger charge is 2.56. The smallest absolute Gasteiger partial charge is 0.240 e. The molecule has 0 spiro atoms.